The maximum absolute atomic E-state index is 13.9. The molecule has 204 valence electrons. The highest BCUT2D eigenvalue weighted by Crippen LogP contribution is 2.43. The molecule has 5 rings (SSSR count). The lowest BCUT2D eigenvalue weighted by Gasteiger charge is -2.26. The van der Waals surface area contributed by atoms with Gasteiger partial charge in [-0.15, -0.1) is 0 Å². The van der Waals surface area contributed by atoms with Gasteiger partial charge in [0.1, 0.15) is 12.2 Å². The van der Waals surface area contributed by atoms with Gasteiger partial charge in [0.15, 0.2) is 16.9 Å². The van der Waals surface area contributed by atoms with Crippen molar-refractivity contribution in [2.24, 2.45) is 0 Å². The summed E-state index contributed by atoms with van der Waals surface area (Å²) in [6, 6.07) is 16.0. The SMILES string of the molecule is C=CCOc1ccc(C2c3c(oc4ccc(Br)cc4c3=O)C(=O)N2c2ccc(C(=O)OCC)cc2)cc1OCC. The summed E-state index contributed by atoms with van der Waals surface area (Å²) in [6.45, 7) is 8.19. The molecule has 1 aliphatic rings. The van der Waals surface area contributed by atoms with Gasteiger partial charge in [0.2, 0.25) is 5.76 Å². The smallest absolute Gasteiger partial charge is 0.338 e. The highest BCUT2D eigenvalue weighted by atomic mass is 79.9. The topological polar surface area (TPSA) is 95.3 Å². The largest absolute Gasteiger partial charge is 0.490 e. The van der Waals surface area contributed by atoms with E-state index in [0.717, 1.165) is 0 Å². The Labute approximate surface area is 238 Å². The second-order valence-corrected chi connectivity index (χ2v) is 9.81. The Bertz CT molecular complexity index is 1680. The summed E-state index contributed by atoms with van der Waals surface area (Å²) in [4.78, 5) is 41.6. The lowest BCUT2D eigenvalue weighted by atomic mass is 9.97. The Balaban J connectivity index is 1.70. The summed E-state index contributed by atoms with van der Waals surface area (Å²) in [6.07, 6.45) is 1.63. The molecule has 0 aliphatic carbocycles. The molecule has 0 N–H and O–H groups in total. The number of halogens is 1. The van der Waals surface area contributed by atoms with E-state index in [0.29, 0.717) is 50.4 Å². The number of esters is 1. The molecular weight excluding hydrogens is 578 g/mol. The molecule has 1 atom stereocenters. The Morgan fingerprint density at radius 2 is 1.77 bits per heavy atom. The summed E-state index contributed by atoms with van der Waals surface area (Å²) in [7, 11) is 0. The third kappa shape index (κ3) is 4.88. The number of rotatable bonds is 9. The standard InChI is InChI=1S/C31H26BrNO7/c1-4-15-39-24-13-9-19(16-25(24)37-5-2)27-26-28(34)22-17-20(32)10-14-23(22)40-29(26)30(35)33(27)21-11-7-18(8-12-21)31(36)38-6-3/h4,7-14,16-17,27H,1,5-6,15H2,2-3H3. The van der Waals surface area contributed by atoms with Crippen LogP contribution in [0.3, 0.4) is 0 Å². The fourth-order valence-electron chi connectivity index (χ4n) is 4.73. The predicted molar refractivity (Wildman–Crippen MR) is 155 cm³/mol. The van der Waals surface area contributed by atoms with Crippen LogP contribution in [0.1, 0.15) is 51.9 Å². The second-order valence-electron chi connectivity index (χ2n) is 8.90. The number of hydrogen-bond donors (Lipinski definition) is 0. The van der Waals surface area contributed by atoms with Crippen molar-refractivity contribution in [3.8, 4) is 11.5 Å². The Morgan fingerprint density at radius 1 is 1.00 bits per heavy atom. The Morgan fingerprint density at radius 3 is 2.48 bits per heavy atom. The molecule has 0 saturated heterocycles. The zero-order valence-electron chi connectivity index (χ0n) is 21.9. The van der Waals surface area contributed by atoms with Crippen molar-refractivity contribution in [3.05, 3.63) is 110 Å². The van der Waals surface area contributed by atoms with E-state index in [1.807, 2.05) is 6.92 Å². The van der Waals surface area contributed by atoms with Gasteiger partial charge < -0.3 is 18.6 Å². The zero-order valence-corrected chi connectivity index (χ0v) is 23.5. The third-order valence-electron chi connectivity index (χ3n) is 6.43. The number of amides is 1. The molecule has 0 bridgehead atoms. The molecule has 0 radical (unpaired) electrons. The lowest BCUT2D eigenvalue weighted by Crippen LogP contribution is -2.29. The van der Waals surface area contributed by atoms with Gasteiger partial charge in [-0.3, -0.25) is 14.5 Å². The number of carbonyl (C=O) groups excluding carboxylic acids is 2. The van der Waals surface area contributed by atoms with Crippen LogP contribution >= 0.6 is 15.9 Å². The molecule has 4 aromatic rings. The number of fused-ring (bicyclic) bond motifs is 2. The van der Waals surface area contributed by atoms with E-state index in [9.17, 15) is 14.4 Å². The summed E-state index contributed by atoms with van der Waals surface area (Å²) >= 11 is 3.42. The van der Waals surface area contributed by atoms with E-state index in [-0.39, 0.29) is 30.0 Å². The van der Waals surface area contributed by atoms with Crippen LogP contribution in [0.4, 0.5) is 5.69 Å². The number of nitrogens with zero attached hydrogens (tertiary/aromatic N) is 1. The van der Waals surface area contributed by atoms with Crippen LogP contribution in [-0.4, -0.2) is 31.7 Å². The third-order valence-corrected chi connectivity index (χ3v) is 6.92. The average Bonchev–Trinajstić information content (AvgIpc) is 3.25. The van der Waals surface area contributed by atoms with E-state index < -0.39 is 17.9 Å². The molecule has 9 heteroatoms. The molecule has 3 aromatic carbocycles. The van der Waals surface area contributed by atoms with E-state index in [2.05, 4.69) is 22.5 Å². The van der Waals surface area contributed by atoms with Crippen LogP contribution in [-0.2, 0) is 4.74 Å². The van der Waals surface area contributed by atoms with Gasteiger partial charge in [0, 0.05) is 10.2 Å². The average molecular weight is 604 g/mol. The van der Waals surface area contributed by atoms with Crippen molar-refractivity contribution >= 4 is 44.5 Å². The van der Waals surface area contributed by atoms with Crippen molar-refractivity contribution in [2.75, 3.05) is 24.7 Å². The summed E-state index contributed by atoms with van der Waals surface area (Å²) in [5.74, 6) is -0.00472. The van der Waals surface area contributed by atoms with E-state index in [4.69, 9.17) is 18.6 Å². The molecule has 0 saturated carbocycles. The Kier molecular flexibility index (Phi) is 7.75. The zero-order chi connectivity index (χ0) is 28.4. The minimum atomic E-state index is -0.830. The van der Waals surface area contributed by atoms with Crippen LogP contribution in [0.25, 0.3) is 11.0 Å². The molecule has 2 heterocycles. The van der Waals surface area contributed by atoms with E-state index >= 15 is 0 Å². The second kappa shape index (κ2) is 11.4. The van der Waals surface area contributed by atoms with Gasteiger partial charge in [-0.25, -0.2) is 4.79 Å². The number of benzene rings is 3. The normalized spacial score (nSPS) is 14.2. The number of carbonyl (C=O) groups is 2. The predicted octanol–water partition coefficient (Wildman–Crippen LogP) is 6.45. The maximum atomic E-state index is 13.9. The van der Waals surface area contributed by atoms with Crippen LogP contribution in [0.5, 0.6) is 11.5 Å². The van der Waals surface area contributed by atoms with Crippen LogP contribution in [0.2, 0.25) is 0 Å². The quantitative estimate of drug-likeness (QED) is 0.160. The van der Waals surface area contributed by atoms with Crippen LogP contribution < -0.4 is 19.8 Å². The lowest BCUT2D eigenvalue weighted by molar-refractivity contribution is 0.0526. The molecular formula is C31H26BrNO7. The molecule has 40 heavy (non-hydrogen) atoms. The van der Waals surface area contributed by atoms with Crippen molar-refractivity contribution in [1.29, 1.82) is 0 Å². The molecule has 0 fully saturated rings. The molecule has 0 spiro atoms. The van der Waals surface area contributed by atoms with E-state index in [1.54, 1.807) is 73.7 Å². The monoisotopic (exact) mass is 603 g/mol. The minimum absolute atomic E-state index is 0.0377. The Hall–Kier alpha value is -4.37. The molecule has 8 nitrogen and oxygen atoms in total. The van der Waals surface area contributed by atoms with E-state index in [1.165, 1.54) is 4.90 Å². The first-order valence-corrected chi connectivity index (χ1v) is 13.5. The number of hydrogen-bond acceptors (Lipinski definition) is 7. The van der Waals surface area contributed by atoms with Gasteiger partial charge in [0.05, 0.1) is 35.8 Å². The van der Waals surface area contributed by atoms with Gasteiger partial charge in [0.25, 0.3) is 5.91 Å². The molecule has 1 aromatic heterocycles. The maximum Gasteiger partial charge on any atom is 0.338 e. The highest BCUT2D eigenvalue weighted by molar-refractivity contribution is 9.10. The summed E-state index contributed by atoms with van der Waals surface area (Å²) in [5, 5.41) is 0.349. The van der Waals surface area contributed by atoms with Gasteiger partial charge in [-0.2, -0.15) is 0 Å². The van der Waals surface area contributed by atoms with Crippen LogP contribution in [0.15, 0.2) is 87.0 Å². The van der Waals surface area contributed by atoms with Crippen molar-refractivity contribution in [1.82, 2.24) is 0 Å². The van der Waals surface area contributed by atoms with Gasteiger partial charge >= 0.3 is 5.97 Å². The number of ether oxygens (including phenoxy) is 3. The van der Waals surface area contributed by atoms with Crippen LogP contribution in [0, 0.1) is 0 Å². The first-order valence-electron chi connectivity index (χ1n) is 12.7. The fourth-order valence-corrected chi connectivity index (χ4v) is 5.09. The fraction of sp³-hybridized carbons (Fsp3) is 0.194. The molecule has 1 unspecified atom stereocenters. The van der Waals surface area contributed by atoms with Crippen molar-refractivity contribution in [2.45, 2.75) is 19.9 Å². The van der Waals surface area contributed by atoms with Crippen molar-refractivity contribution < 1.29 is 28.2 Å². The summed E-state index contributed by atoms with van der Waals surface area (Å²) < 4.78 is 23.5. The number of anilines is 1. The first-order chi connectivity index (χ1) is 19.4. The molecule has 1 amide bonds. The molecule has 1 aliphatic heterocycles. The van der Waals surface area contributed by atoms with Gasteiger partial charge in [-0.1, -0.05) is 34.7 Å². The highest BCUT2D eigenvalue weighted by Gasteiger charge is 2.44. The van der Waals surface area contributed by atoms with Gasteiger partial charge in [-0.05, 0) is 74.0 Å². The first kappa shape index (κ1) is 27.2. The minimum Gasteiger partial charge on any atom is -0.490 e. The summed E-state index contributed by atoms with van der Waals surface area (Å²) in [5.41, 5.74) is 1.65. The van der Waals surface area contributed by atoms with Crippen molar-refractivity contribution in [3.63, 3.8) is 0 Å².